The highest BCUT2D eigenvalue weighted by Crippen LogP contribution is 2.22. The van der Waals surface area contributed by atoms with Crippen molar-refractivity contribution in [3.63, 3.8) is 0 Å². The number of para-hydroxylation sites is 2. The number of nitro benzene ring substituents is 1. The van der Waals surface area contributed by atoms with Crippen molar-refractivity contribution in [1.82, 2.24) is 0 Å². The Labute approximate surface area is 137 Å². The van der Waals surface area contributed by atoms with E-state index in [1.165, 1.54) is 24.3 Å². The number of anilines is 1. The quantitative estimate of drug-likeness (QED) is 0.381. The number of ether oxygens (including phenoxy) is 1. The number of nitrogens with one attached hydrogen (secondary N) is 1. The molecule has 0 saturated carbocycles. The lowest BCUT2D eigenvalue weighted by molar-refractivity contribution is -0.383. The Morgan fingerprint density at radius 3 is 2.46 bits per heavy atom. The van der Waals surface area contributed by atoms with Crippen LogP contribution < -0.4 is 5.32 Å². The fourth-order valence-corrected chi connectivity index (χ4v) is 1.84. The highest BCUT2D eigenvalue weighted by Gasteiger charge is 2.15. The van der Waals surface area contributed by atoms with Gasteiger partial charge in [-0.2, -0.15) is 0 Å². The normalized spacial score (nSPS) is 10.3. The summed E-state index contributed by atoms with van der Waals surface area (Å²) in [6.45, 7) is -0.538. The summed E-state index contributed by atoms with van der Waals surface area (Å²) in [5.74, 6) is -1.35. The molecule has 0 aliphatic heterocycles. The molecule has 0 aliphatic carbocycles. The van der Waals surface area contributed by atoms with Crippen LogP contribution in [-0.2, 0) is 14.3 Å². The fourth-order valence-electron chi connectivity index (χ4n) is 1.84. The third-order valence-corrected chi connectivity index (χ3v) is 2.93. The van der Waals surface area contributed by atoms with Gasteiger partial charge in [-0.1, -0.05) is 42.5 Å². The average Bonchev–Trinajstić information content (AvgIpc) is 2.59. The second kappa shape index (κ2) is 8.23. The molecule has 122 valence electrons. The van der Waals surface area contributed by atoms with Crippen molar-refractivity contribution < 1.29 is 19.2 Å². The molecule has 1 amide bonds. The number of carbonyl (C=O) groups excluding carboxylic acids is 2. The van der Waals surface area contributed by atoms with Gasteiger partial charge in [-0.25, -0.2) is 4.79 Å². The van der Waals surface area contributed by atoms with Crippen molar-refractivity contribution in [1.29, 1.82) is 0 Å². The van der Waals surface area contributed by atoms with Gasteiger partial charge in [0.05, 0.1) is 4.92 Å². The molecule has 0 bridgehead atoms. The first-order chi connectivity index (χ1) is 11.6. The van der Waals surface area contributed by atoms with Gasteiger partial charge in [0.25, 0.3) is 11.6 Å². The molecule has 0 aromatic heterocycles. The summed E-state index contributed by atoms with van der Waals surface area (Å²) in [6.07, 6.45) is 2.76. The standard InChI is InChI=1S/C17H14N2O5/c20-16(18-14-8-4-5-9-15(14)19(22)23)12-24-17(21)11-10-13-6-2-1-3-7-13/h1-11H,12H2,(H,18,20)/b11-10+. The molecule has 2 aromatic rings. The second-order valence-corrected chi connectivity index (χ2v) is 4.67. The van der Waals surface area contributed by atoms with E-state index < -0.39 is 23.4 Å². The molecule has 0 atom stereocenters. The Kier molecular flexibility index (Phi) is 5.79. The monoisotopic (exact) mass is 326 g/mol. The molecule has 7 nitrogen and oxygen atoms in total. The van der Waals surface area contributed by atoms with Crippen molar-refractivity contribution in [3.05, 3.63) is 76.4 Å². The first kappa shape index (κ1) is 16.9. The number of hydrogen-bond acceptors (Lipinski definition) is 5. The van der Waals surface area contributed by atoms with Crippen molar-refractivity contribution >= 4 is 29.3 Å². The summed E-state index contributed by atoms with van der Waals surface area (Å²) in [6, 6.07) is 14.8. The van der Waals surface area contributed by atoms with E-state index in [2.05, 4.69) is 5.32 Å². The molecule has 2 rings (SSSR count). The summed E-state index contributed by atoms with van der Waals surface area (Å²) in [5, 5.41) is 13.2. The largest absolute Gasteiger partial charge is 0.452 e. The Hall–Kier alpha value is -3.48. The number of carbonyl (C=O) groups is 2. The Balaban J connectivity index is 1.86. The van der Waals surface area contributed by atoms with Crippen LogP contribution in [-0.4, -0.2) is 23.4 Å². The zero-order chi connectivity index (χ0) is 17.4. The van der Waals surface area contributed by atoms with Crippen molar-refractivity contribution in [2.75, 3.05) is 11.9 Å². The van der Waals surface area contributed by atoms with Crippen LogP contribution in [0, 0.1) is 10.1 Å². The summed E-state index contributed by atoms with van der Waals surface area (Å²) in [4.78, 5) is 33.5. The van der Waals surface area contributed by atoms with Crippen LogP contribution >= 0.6 is 0 Å². The first-order valence-corrected chi connectivity index (χ1v) is 6.99. The molecule has 1 N–H and O–H groups in total. The number of nitrogens with zero attached hydrogens (tertiary/aromatic N) is 1. The van der Waals surface area contributed by atoms with Crippen LogP contribution in [0.1, 0.15) is 5.56 Å². The minimum Gasteiger partial charge on any atom is -0.452 e. The van der Waals surface area contributed by atoms with E-state index >= 15 is 0 Å². The lowest BCUT2D eigenvalue weighted by Gasteiger charge is -2.05. The van der Waals surface area contributed by atoms with E-state index in [0.29, 0.717) is 0 Å². The van der Waals surface area contributed by atoms with Crippen LogP contribution in [0.4, 0.5) is 11.4 Å². The highest BCUT2D eigenvalue weighted by molar-refractivity contribution is 5.96. The molecule has 7 heteroatoms. The first-order valence-electron chi connectivity index (χ1n) is 6.99. The molecular formula is C17H14N2O5. The highest BCUT2D eigenvalue weighted by atomic mass is 16.6. The SMILES string of the molecule is O=C(COC(=O)/C=C/c1ccccc1)Nc1ccccc1[N+](=O)[O-]. The van der Waals surface area contributed by atoms with Gasteiger partial charge in [0.1, 0.15) is 5.69 Å². The number of benzene rings is 2. The predicted octanol–water partition coefficient (Wildman–Crippen LogP) is 2.79. The van der Waals surface area contributed by atoms with Gasteiger partial charge in [-0.05, 0) is 17.7 Å². The van der Waals surface area contributed by atoms with Gasteiger partial charge in [-0.15, -0.1) is 0 Å². The zero-order valence-electron chi connectivity index (χ0n) is 12.5. The predicted molar refractivity (Wildman–Crippen MR) is 88.2 cm³/mol. The van der Waals surface area contributed by atoms with E-state index in [0.717, 1.165) is 5.56 Å². The van der Waals surface area contributed by atoms with Gasteiger partial charge in [0.2, 0.25) is 0 Å². The van der Waals surface area contributed by atoms with Crippen LogP contribution in [0.5, 0.6) is 0 Å². The maximum Gasteiger partial charge on any atom is 0.331 e. The summed E-state index contributed by atoms with van der Waals surface area (Å²) in [7, 11) is 0. The minimum atomic E-state index is -0.684. The molecule has 24 heavy (non-hydrogen) atoms. The topological polar surface area (TPSA) is 98.5 Å². The Morgan fingerprint density at radius 2 is 1.75 bits per heavy atom. The lowest BCUT2D eigenvalue weighted by atomic mass is 10.2. The number of hydrogen-bond donors (Lipinski definition) is 1. The molecule has 0 spiro atoms. The minimum absolute atomic E-state index is 0.0448. The van der Waals surface area contributed by atoms with Crippen LogP contribution in [0.3, 0.4) is 0 Å². The molecule has 0 aliphatic rings. The lowest BCUT2D eigenvalue weighted by Crippen LogP contribution is -2.20. The van der Waals surface area contributed by atoms with E-state index in [1.807, 2.05) is 30.3 Å². The van der Waals surface area contributed by atoms with Crippen LogP contribution in [0.15, 0.2) is 60.7 Å². The van der Waals surface area contributed by atoms with Crippen molar-refractivity contribution in [3.8, 4) is 0 Å². The van der Waals surface area contributed by atoms with Gasteiger partial charge < -0.3 is 10.1 Å². The van der Waals surface area contributed by atoms with Crippen molar-refractivity contribution in [2.45, 2.75) is 0 Å². The molecule has 0 saturated heterocycles. The van der Waals surface area contributed by atoms with E-state index in [1.54, 1.807) is 12.1 Å². The van der Waals surface area contributed by atoms with E-state index in [9.17, 15) is 19.7 Å². The average molecular weight is 326 g/mol. The molecule has 2 aromatic carbocycles. The molecular weight excluding hydrogens is 312 g/mol. The van der Waals surface area contributed by atoms with Crippen LogP contribution in [0.25, 0.3) is 6.08 Å². The summed E-state index contributed by atoms with van der Waals surface area (Å²) < 4.78 is 4.79. The maximum absolute atomic E-state index is 11.7. The number of amides is 1. The van der Waals surface area contributed by atoms with Crippen molar-refractivity contribution in [2.24, 2.45) is 0 Å². The smallest absolute Gasteiger partial charge is 0.331 e. The number of nitro groups is 1. The fraction of sp³-hybridized carbons (Fsp3) is 0.0588. The van der Waals surface area contributed by atoms with E-state index in [-0.39, 0.29) is 11.4 Å². The van der Waals surface area contributed by atoms with Crippen LogP contribution in [0.2, 0.25) is 0 Å². The molecule has 0 heterocycles. The third-order valence-electron chi connectivity index (χ3n) is 2.93. The summed E-state index contributed by atoms with van der Waals surface area (Å²) in [5.41, 5.74) is 0.628. The Bertz CT molecular complexity index is 772. The molecule has 0 unspecified atom stereocenters. The maximum atomic E-state index is 11.7. The number of esters is 1. The summed E-state index contributed by atoms with van der Waals surface area (Å²) >= 11 is 0. The van der Waals surface area contributed by atoms with Gasteiger partial charge in [0, 0.05) is 12.1 Å². The van der Waals surface area contributed by atoms with Gasteiger partial charge >= 0.3 is 5.97 Å². The second-order valence-electron chi connectivity index (χ2n) is 4.67. The van der Waals surface area contributed by atoms with Gasteiger partial charge in [-0.3, -0.25) is 14.9 Å². The Morgan fingerprint density at radius 1 is 1.08 bits per heavy atom. The van der Waals surface area contributed by atoms with Gasteiger partial charge in [0.15, 0.2) is 6.61 Å². The number of rotatable bonds is 6. The third kappa shape index (κ3) is 5.06. The molecule has 0 fully saturated rings. The van der Waals surface area contributed by atoms with E-state index in [4.69, 9.17) is 4.74 Å². The zero-order valence-corrected chi connectivity index (χ0v) is 12.5. The molecule has 0 radical (unpaired) electrons.